The van der Waals surface area contributed by atoms with Crippen LogP contribution in [0.3, 0.4) is 0 Å². The molecular weight excluding hydrogens is 346 g/mol. The fraction of sp³-hybridized carbons (Fsp3) is 0.350. The fourth-order valence-electron chi connectivity index (χ4n) is 3.58. The topological polar surface area (TPSA) is 77.9 Å². The van der Waals surface area contributed by atoms with Gasteiger partial charge in [0, 0.05) is 4.88 Å². The summed E-state index contributed by atoms with van der Waals surface area (Å²) < 4.78 is 0. The minimum atomic E-state index is -1.12. The number of carbonyl (C=O) groups is 1. The lowest BCUT2D eigenvalue weighted by molar-refractivity contribution is -0.306. The van der Waals surface area contributed by atoms with Gasteiger partial charge in [-0.3, -0.25) is 0 Å². The van der Waals surface area contributed by atoms with Crippen molar-refractivity contribution in [2.24, 2.45) is 0 Å². The molecule has 0 spiro atoms. The maximum Gasteiger partial charge on any atom is 0.139 e. The summed E-state index contributed by atoms with van der Waals surface area (Å²) in [5, 5.41) is 15.9. The van der Waals surface area contributed by atoms with Crippen LogP contribution in [0.2, 0.25) is 0 Å². The molecule has 1 aliphatic rings. The normalized spacial score (nSPS) is 14.8. The second-order valence-electron chi connectivity index (χ2n) is 6.72. The Hall–Kier alpha value is -2.47. The number of nitrogens with one attached hydrogen (secondary N) is 1. The molecule has 2 aromatic heterocycles. The van der Waals surface area contributed by atoms with Gasteiger partial charge in [0.05, 0.1) is 17.4 Å². The molecule has 0 unspecified atom stereocenters. The number of carboxylic acid groups (broad SMARTS) is 1. The Morgan fingerprint density at radius 1 is 1.23 bits per heavy atom. The van der Waals surface area contributed by atoms with Crippen LogP contribution in [-0.2, 0) is 24.1 Å². The first kappa shape index (κ1) is 17.0. The number of anilines is 1. The van der Waals surface area contributed by atoms with Gasteiger partial charge in [0.2, 0.25) is 0 Å². The Morgan fingerprint density at radius 3 is 2.77 bits per heavy atom. The first-order valence-corrected chi connectivity index (χ1v) is 9.73. The molecule has 1 N–H and O–H groups in total. The molecule has 4 rings (SSSR count). The van der Waals surface area contributed by atoms with Crippen molar-refractivity contribution in [3.63, 3.8) is 0 Å². The monoisotopic (exact) mass is 366 g/mol. The van der Waals surface area contributed by atoms with Crippen LogP contribution in [0.1, 0.15) is 34.7 Å². The number of aliphatic carboxylic acids is 1. The van der Waals surface area contributed by atoms with Crippen LogP contribution < -0.4 is 10.4 Å². The summed E-state index contributed by atoms with van der Waals surface area (Å²) in [7, 11) is 0. The van der Waals surface area contributed by atoms with Gasteiger partial charge in [-0.05, 0) is 50.2 Å². The maximum atomic E-state index is 11.7. The SMILES string of the molecule is Cc1nc(N[C@H](Cc2ccccc2)C(=O)[O-])c2c3c(sc2n1)CCCC3. The molecule has 1 atom stereocenters. The number of fused-ring (bicyclic) bond motifs is 3. The zero-order chi connectivity index (χ0) is 18.1. The Kier molecular flexibility index (Phi) is 4.59. The highest BCUT2D eigenvalue weighted by atomic mass is 32.1. The smallest absolute Gasteiger partial charge is 0.139 e. The lowest BCUT2D eigenvalue weighted by Gasteiger charge is -2.22. The van der Waals surface area contributed by atoms with Gasteiger partial charge in [0.15, 0.2) is 0 Å². The lowest BCUT2D eigenvalue weighted by atomic mass is 9.97. The van der Waals surface area contributed by atoms with Crippen molar-refractivity contribution in [3.8, 4) is 0 Å². The minimum absolute atomic E-state index is 0.347. The summed E-state index contributed by atoms with van der Waals surface area (Å²) in [5.74, 6) is 0.148. The molecule has 0 radical (unpaired) electrons. The Labute approximate surface area is 156 Å². The molecule has 6 heteroatoms. The number of carbonyl (C=O) groups excluding carboxylic acids is 1. The number of thiophene rings is 1. The van der Waals surface area contributed by atoms with Crippen molar-refractivity contribution in [3.05, 3.63) is 52.2 Å². The third kappa shape index (κ3) is 3.29. The highest BCUT2D eigenvalue weighted by Gasteiger charge is 2.22. The summed E-state index contributed by atoms with van der Waals surface area (Å²) >= 11 is 1.71. The van der Waals surface area contributed by atoms with Gasteiger partial charge in [0.1, 0.15) is 16.5 Å². The molecule has 0 aliphatic heterocycles. The van der Waals surface area contributed by atoms with Crippen molar-refractivity contribution in [2.75, 3.05) is 5.32 Å². The highest BCUT2D eigenvalue weighted by molar-refractivity contribution is 7.19. The van der Waals surface area contributed by atoms with Gasteiger partial charge in [-0.25, -0.2) is 9.97 Å². The summed E-state index contributed by atoms with van der Waals surface area (Å²) in [5.41, 5.74) is 2.24. The number of aromatic nitrogens is 2. The fourth-order valence-corrected chi connectivity index (χ4v) is 4.88. The molecule has 0 saturated carbocycles. The predicted molar refractivity (Wildman–Crippen MR) is 101 cm³/mol. The zero-order valence-electron chi connectivity index (χ0n) is 14.6. The van der Waals surface area contributed by atoms with Crippen LogP contribution in [0.25, 0.3) is 10.2 Å². The molecule has 0 bridgehead atoms. The van der Waals surface area contributed by atoms with Gasteiger partial charge in [0.25, 0.3) is 0 Å². The molecule has 0 fully saturated rings. The quantitative estimate of drug-likeness (QED) is 0.751. The average molecular weight is 366 g/mol. The van der Waals surface area contributed by atoms with Crippen LogP contribution in [0, 0.1) is 6.92 Å². The third-order valence-corrected chi connectivity index (χ3v) is 5.99. The van der Waals surface area contributed by atoms with Crippen LogP contribution in [-0.4, -0.2) is 22.0 Å². The van der Waals surface area contributed by atoms with Crippen LogP contribution >= 0.6 is 11.3 Å². The van der Waals surface area contributed by atoms with E-state index in [2.05, 4.69) is 15.3 Å². The van der Waals surface area contributed by atoms with E-state index in [0.717, 1.165) is 35.0 Å². The standard InChI is InChI=1S/C20H21N3O2S/c1-12-21-18(17-14-9-5-6-10-16(14)26-19(17)22-12)23-15(20(24)25)11-13-7-3-2-4-8-13/h2-4,7-8,15H,5-6,9-11H2,1H3,(H,24,25)(H,21,22,23)/p-1/t15-/m1/s1. The van der Waals surface area contributed by atoms with Crippen LogP contribution in [0.15, 0.2) is 30.3 Å². The summed E-state index contributed by atoms with van der Waals surface area (Å²) in [6, 6.07) is 8.73. The Morgan fingerprint density at radius 2 is 2.00 bits per heavy atom. The van der Waals surface area contributed by atoms with Gasteiger partial charge in [-0.1, -0.05) is 30.3 Å². The van der Waals surface area contributed by atoms with E-state index in [1.807, 2.05) is 37.3 Å². The van der Waals surface area contributed by atoms with E-state index in [-0.39, 0.29) is 0 Å². The molecule has 2 heterocycles. The average Bonchev–Trinajstić information content (AvgIpc) is 3.00. The molecule has 3 aromatic rings. The minimum Gasteiger partial charge on any atom is -0.548 e. The molecule has 0 amide bonds. The summed E-state index contributed by atoms with van der Waals surface area (Å²) in [6.45, 7) is 1.84. The number of rotatable bonds is 5. The van der Waals surface area contributed by atoms with E-state index < -0.39 is 12.0 Å². The molecule has 0 saturated heterocycles. The van der Waals surface area contributed by atoms with Crippen molar-refractivity contribution in [2.45, 2.75) is 45.1 Å². The highest BCUT2D eigenvalue weighted by Crippen LogP contribution is 2.38. The van der Waals surface area contributed by atoms with Crippen molar-refractivity contribution >= 4 is 33.3 Å². The summed E-state index contributed by atoms with van der Waals surface area (Å²) in [6.07, 6.45) is 4.78. The van der Waals surface area contributed by atoms with Gasteiger partial charge in [-0.15, -0.1) is 11.3 Å². The van der Waals surface area contributed by atoms with Gasteiger partial charge in [-0.2, -0.15) is 0 Å². The number of carboxylic acids is 1. The van der Waals surface area contributed by atoms with Crippen LogP contribution in [0.5, 0.6) is 0 Å². The Bertz CT molecular complexity index is 953. The van der Waals surface area contributed by atoms with E-state index >= 15 is 0 Å². The van der Waals surface area contributed by atoms with Gasteiger partial charge >= 0.3 is 0 Å². The van der Waals surface area contributed by atoms with Gasteiger partial charge < -0.3 is 15.2 Å². The predicted octanol–water partition coefficient (Wildman–Crippen LogP) is 2.65. The van der Waals surface area contributed by atoms with Crippen LogP contribution in [0.4, 0.5) is 5.82 Å². The first-order chi connectivity index (χ1) is 12.6. The van der Waals surface area contributed by atoms with Crippen molar-refractivity contribution < 1.29 is 9.90 Å². The summed E-state index contributed by atoms with van der Waals surface area (Å²) in [4.78, 5) is 23.2. The second kappa shape index (κ2) is 7.03. The van der Waals surface area contributed by atoms with E-state index in [4.69, 9.17) is 0 Å². The lowest BCUT2D eigenvalue weighted by Crippen LogP contribution is -2.42. The zero-order valence-corrected chi connectivity index (χ0v) is 15.4. The molecule has 1 aromatic carbocycles. The molecule has 5 nitrogen and oxygen atoms in total. The molecule has 134 valence electrons. The van der Waals surface area contributed by atoms with E-state index in [1.165, 1.54) is 16.9 Å². The Balaban J connectivity index is 1.72. The first-order valence-electron chi connectivity index (χ1n) is 8.92. The molecule has 26 heavy (non-hydrogen) atoms. The number of hydrogen-bond donors (Lipinski definition) is 1. The number of aryl methyl sites for hydroxylation is 3. The van der Waals surface area contributed by atoms with E-state index in [0.29, 0.717) is 18.1 Å². The van der Waals surface area contributed by atoms with E-state index in [1.54, 1.807) is 11.3 Å². The molecule has 1 aliphatic carbocycles. The number of benzene rings is 1. The maximum absolute atomic E-state index is 11.7. The van der Waals surface area contributed by atoms with Crippen molar-refractivity contribution in [1.29, 1.82) is 0 Å². The van der Waals surface area contributed by atoms with Crippen molar-refractivity contribution in [1.82, 2.24) is 9.97 Å². The second-order valence-corrected chi connectivity index (χ2v) is 7.80. The molecular formula is C20H20N3O2S-. The largest absolute Gasteiger partial charge is 0.548 e. The van der Waals surface area contributed by atoms with E-state index in [9.17, 15) is 9.90 Å². The number of hydrogen-bond acceptors (Lipinski definition) is 6. The third-order valence-electron chi connectivity index (χ3n) is 4.80. The number of nitrogens with zero attached hydrogens (tertiary/aromatic N) is 2.